The zero-order valence-corrected chi connectivity index (χ0v) is 22.8. The van der Waals surface area contributed by atoms with Crippen molar-refractivity contribution in [3.05, 3.63) is 29.8 Å². The van der Waals surface area contributed by atoms with Crippen molar-refractivity contribution < 1.29 is 4.74 Å². The summed E-state index contributed by atoms with van der Waals surface area (Å²) in [5.74, 6) is 3.70. The smallest absolute Gasteiger partial charge is 0.226 e. The number of hydrogen-bond donors (Lipinski definition) is 4. The fourth-order valence-electron chi connectivity index (χ4n) is 6.61. The van der Waals surface area contributed by atoms with E-state index in [4.69, 9.17) is 20.4 Å². The van der Waals surface area contributed by atoms with Crippen LogP contribution in [0.5, 0.6) is 5.75 Å². The first-order valence-electron chi connectivity index (χ1n) is 14.7. The van der Waals surface area contributed by atoms with Crippen molar-refractivity contribution >= 4 is 23.3 Å². The molecule has 3 heterocycles. The molecule has 2 aromatic rings. The average Bonchev–Trinajstić information content (AvgIpc) is 3.62. The standard InChI is InChI=1S/C29H44N8O/c1-38-25-12-6-20(7-13-25)18-36-16-14-23(15-17-36)32-27-26-28(37(19-31-26)24-4-2-3-5-24)35-29(34-27)33-22-10-8-21(30)9-11-22/h6-7,12-13,21-24,31H,2-5,8-11,14-19,30H2,1H3,(H2,32,33,34,35). The predicted octanol–water partition coefficient (Wildman–Crippen LogP) is 4.38. The minimum absolute atomic E-state index is 0.337. The van der Waals surface area contributed by atoms with E-state index in [1.165, 1.54) is 31.2 Å². The Bertz CT molecular complexity index is 1060. The van der Waals surface area contributed by atoms with E-state index >= 15 is 0 Å². The molecular weight excluding hydrogens is 476 g/mol. The van der Waals surface area contributed by atoms with Gasteiger partial charge in [-0.2, -0.15) is 9.97 Å². The van der Waals surface area contributed by atoms with Gasteiger partial charge in [-0.3, -0.25) is 4.90 Å². The SMILES string of the molecule is COc1ccc(CN2CCC(Nc3nc(NC4CCC(N)CC4)nc4c3NCN4C3CCCC3)CC2)cc1. The monoisotopic (exact) mass is 520 g/mol. The number of hydrogen-bond acceptors (Lipinski definition) is 9. The molecule has 4 aliphatic rings. The number of benzene rings is 1. The summed E-state index contributed by atoms with van der Waals surface area (Å²) >= 11 is 0. The molecule has 1 aromatic carbocycles. The molecule has 6 rings (SSSR count). The molecule has 1 aromatic heterocycles. The summed E-state index contributed by atoms with van der Waals surface area (Å²) in [4.78, 5) is 15.1. The number of nitrogens with zero attached hydrogens (tertiary/aromatic N) is 4. The van der Waals surface area contributed by atoms with Gasteiger partial charge in [0.05, 0.1) is 13.8 Å². The van der Waals surface area contributed by atoms with Gasteiger partial charge in [-0.1, -0.05) is 25.0 Å². The van der Waals surface area contributed by atoms with E-state index in [0.717, 1.165) is 93.8 Å². The number of methoxy groups -OCH3 is 1. The maximum Gasteiger partial charge on any atom is 0.226 e. The van der Waals surface area contributed by atoms with Crippen LogP contribution < -0.4 is 31.3 Å². The molecule has 9 heteroatoms. The first-order chi connectivity index (χ1) is 18.6. The van der Waals surface area contributed by atoms with Crippen LogP contribution in [0.15, 0.2) is 24.3 Å². The molecule has 2 aliphatic heterocycles. The third-order valence-corrected chi connectivity index (χ3v) is 8.95. The lowest BCUT2D eigenvalue weighted by molar-refractivity contribution is 0.211. The highest BCUT2D eigenvalue weighted by atomic mass is 16.5. The fourth-order valence-corrected chi connectivity index (χ4v) is 6.61. The van der Waals surface area contributed by atoms with Gasteiger partial charge < -0.3 is 31.3 Å². The lowest BCUT2D eigenvalue weighted by atomic mass is 9.92. The summed E-state index contributed by atoms with van der Waals surface area (Å²) < 4.78 is 5.30. The van der Waals surface area contributed by atoms with Crippen molar-refractivity contribution in [1.29, 1.82) is 0 Å². The van der Waals surface area contributed by atoms with E-state index in [2.05, 4.69) is 50.0 Å². The van der Waals surface area contributed by atoms with Gasteiger partial charge in [-0.05, 0) is 69.1 Å². The minimum Gasteiger partial charge on any atom is -0.497 e. The first kappa shape index (κ1) is 25.5. The molecule has 9 nitrogen and oxygen atoms in total. The molecule has 0 radical (unpaired) electrons. The van der Waals surface area contributed by atoms with Crippen LogP contribution in [-0.2, 0) is 6.54 Å². The van der Waals surface area contributed by atoms with E-state index in [0.29, 0.717) is 24.2 Å². The van der Waals surface area contributed by atoms with Gasteiger partial charge in [0, 0.05) is 43.8 Å². The van der Waals surface area contributed by atoms with Crippen LogP contribution in [0.3, 0.4) is 0 Å². The Labute approximate surface area is 226 Å². The van der Waals surface area contributed by atoms with Gasteiger partial charge >= 0.3 is 0 Å². The van der Waals surface area contributed by atoms with Gasteiger partial charge in [0.25, 0.3) is 0 Å². The predicted molar refractivity (Wildman–Crippen MR) is 154 cm³/mol. The summed E-state index contributed by atoms with van der Waals surface area (Å²) in [6.07, 6.45) is 11.6. The van der Waals surface area contributed by atoms with Crippen molar-refractivity contribution in [3.8, 4) is 5.75 Å². The summed E-state index contributed by atoms with van der Waals surface area (Å²) in [5, 5.41) is 11.2. The third kappa shape index (κ3) is 5.78. The Morgan fingerprint density at radius 1 is 0.921 bits per heavy atom. The van der Waals surface area contributed by atoms with Crippen LogP contribution in [0.2, 0.25) is 0 Å². The third-order valence-electron chi connectivity index (χ3n) is 8.95. The van der Waals surface area contributed by atoms with Crippen LogP contribution in [0.1, 0.15) is 69.8 Å². The highest BCUT2D eigenvalue weighted by molar-refractivity contribution is 5.83. The zero-order valence-electron chi connectivity index (χ0n) is 22.8. The van der Waals surface area contributed by atoms with Crippen LogP contribution in [0.25, 0.3) is 0 Å². The number of fused-ring (bicyclic) bond motifs is 1. The second kappa shape index (κ2) is 11.5. The number of aromatic nitrogens is 2. The van der Waals surface area contributed by atoms with Gasteiger partial charge in [0.1, 0.15) is 11.4 Å². The zero-order chi connectivity index (χ0) is 25.9. The van der Waals surface area contributed by atoms with Gasteiger partial charge in [0.15, 0.2) is 11.6 Å². The molecule has 0 amide bonds. The lowest BCUT2D eigenvalue weighted by Crippen LogP contribution is -2.39. The molecule has 0 bridgehead atoms. The summed E-state index contributed by atoms with van der Waals surface area (Å²) in [6.45, 7) is 3.96. The number of likely N-dealkylation sites (tertiary alicyclic amines) is 1. The van der Waals surface area contributed by atoms with E-state index < -0.39 is 0 Å². The van der Waals surface area contributed by atoms with Crippen LogP contribution in [-0.4, -0.2) is 65.9 Å². The number of piperidine rings is 1. The maximum atomic E-state index is 6.15. The Morgan fingerprint density at radius 2 is 1.63 bits per heavy atom. The van der Waals surface area contributed by atoms with Crippen LogP contribution in [0.4, 0.5) is 23.3 Å². The number of nitrogens with one attached hydrogen (secondary N) is 3. The molecular formula is C29H44N8O. The maximum absolute atomic E-state index is 6.15. The molecule has 5 N–H and O–H groups in total. The molecule has 0 spiro atoms. The van der Waals surface area contributed by atoms with Crippen molar-refractivity contribution in [2.45, 2.75) is 94.9 Å². The number of ether oxygens (including phenoxy) is 1. The summed E-state index contributed by atoms with van der Waals surface area (Å²) in [5.41, 5.74) is 8.56. The molecule has 2 aliphatic carbocycles. The Kier molecular flexibility index (Phi) is 7.74. The molecule has 2 saturated carbocycles. The van der Waals surface area contributed by atoms with Crippen molar-refractivity contribution in [1.82, 2.24) is 14.9 Å². The molecule has 0 unspecified atom stereocenters. The first-order valence-corrected chi connectivity index (χ1v) is 14.7. The Morgan fingerprint density at radius 3 is 2.34 bits per heavy atom. The average molecular weight is 521 g/mol. The minimum atomic E-state index is 0.337. The lowest BCUT2D eigenvalue weighted by Gasteiger charge is -2.33. The fraction of sp³-hybridized carbons (Fsp3) is 0.655. The number of anilines is 4. The van der Waals surface area contributed by atoms with E-state index in [1.807, 2.05) is 0 Å². The summed E-state index contributed by atoms with van der Waals surface area (Å²) in [6, 6.07) is 10.2. The van der Waals surface area contributed by atoms with Crippen LogP contribution in [0, 0.1) is 0 Å². The second-order valence-electron chi connectivity index (χ2n) is 11.6. The second-order valence-corrected chi connectivity index (χ2v) is 11.6. The Balaban J connectivity index is 1.13. The quantitative estimate of drug-likeness (QED) is 0.404. The van der Waals surface area contributed by atoms with E-state index in [1.54, 1.807) is 7.11 Å². The highest BCUT2D eigenvalue weighted by Gasteiger charge is 2.33. The Hall–Kier alpha value is -2.78. The summed E-state index contributed by atoms with van der Waals surface area (Å²) in [7, 11) is 1.71. The van der Waals surface area contributed by atoms with Gasteiger partial charge in [-0.15, -0.1) is 0 Å². The van der Waals surface area contributed by atoms with Crippen molar-refractivity contribution in [2.75, 3.05) is 47.7 Å². The largest absolute Gasteiger partial charge is 0.497 e. The van der Waals surface area contributed by atoms with Gasteiger partial charge in [0.2, 0.25) is 5.95 Å². The normalized spacial score (nSPS) is 24.7. The topological polar surface area (TPSA) is 104 Å². The molecule has 0 atom stereocenters. The molecule has 206 valence electrons. The molecule has 1 saturated heterocycles. The molecule has 3 fully saturated rings. The van der Waals surface area contributed by atoms with Crippen LogP contribution >= 0.6 is 0 Å². The number of rotatable bonds is 8. The molecule has 38 heavy (non-hydrogen) atoms. The van der Waals surface area contributed by atoms with Crippen molar-refractivity contribution in [2.24, 2.45) is 5.73 Å². The number of nitrogens with two attached hydrogens (primary N) is 1. The highest BCUT2D eigenvalue weighted by Crippen LogP contribution is 2.41. The van der Waals surface area contributed by atoms with Crippen molar-refractivity contribution in [3.63, 3.8) is 0 Å². The van der Waals surface area contributed by atoms with Gasteiger partial charge in [-0.25, -0.2) is 0 Å². The van der Waals surface area contributed by atoms with E-state index in [-0.39, 0.29) is 0 Å². The van der Waals surface area contributed by atoms with E-state index in [9.17, 15) is 0 Å².